The Morgan fingerprint density at radius 1 is 1.07 bits per heavy atom. The van der Waals surface area contributed by atoms with Gasteiger partial charge in [-0.1, -0.05) is 26.0 Å². The Hall–Kier alpha value is -3.59. The summed E-state index contributed by atoms with van der Waals surface area (Å²) in [6, 6.07) is 12.8. The Morgan fingerprint density at radius 3 is 2.47 bits per heavy atom. The summed E-state index contributed by atoms with van der Waals surface area (Å²) in [5, 5.41) is 0. The predicted molar refractivity (Wildman–Crippen MR) is 163 cm³/mol. The van der Waals surface area contributed by atoms with Crippen LogP contribution in [0.1, 0.15) is 66.5 Å². The van der Waals surface area contributed by atoms with Gasteiger partial charge in [0.25, 0.3) is 0 Å². The van der Waals surface area contributed by atoms with Gasteiger partial charge in [-0.3, -0.25) is 4.79 Å². The van der Waals surface area contributed by atoms with Crippen LogP contribution in [0.4, 0.5) is 4.39 Å². The maximum absolute atomic E-state index is 15.3. The molecule has 0 spiro atoms. The Kier molecular flexibility index (Phi) is 8.49. The van der Waals surface area contributed by atoms with E-state index in [1.807, 2.05) is 64.1 Å². The fourth-order valence-electron chi connectivity index (χ4n) is 6.44. The molecule has 5 rings (SSSR count). The van der Waals surface area contributed by atoms with Crippen molar-refractivity contribution in [3.05, 3.63) is 76.1 Å². The standard InChI is InChI=1S/C34H39FO7S/c1-20-13-24(41-18-34(3,4)19-43(6,37)38)14-21(2)32(20)26-9-11-28(35)33-27(26)10-12-29(33)42-23-7-8-25-22(15-31(36)39-5)17-40-30(25)16-23/h7-9,11,13-14,16,22,29H,10,12,15,17-19H2,1-6H3/t22-,29-/m1/s1. The molecule has 0 bridgehead atoms. The molecule has 0 amide bonds. The van der Waals surface area contributed by atoms with Gasteiger partial charge in [0.05, 0.1) is 32.5 Å². The average molecular weight is 611 g/mol. The molecule has 3 aromatic rings. The van der Waals surface area contributed by atoms with E-state index in [9.17, 15) is 13.2 Å². The fourth-order valence-corrected chi connectivity index (χ4v) is 7.94. The van der Waals surface area contributed by atoms with Gasteiger partial charge in [0.15, 0.2) is 0 Å². The van der Waals surface area contributed by atoms with E-state index in [4.69, 9.17) is 18.9 Å². The summed E-state index contributed by atoms with van der Waals surface area (Å²) < 4.78 is 62.0. The minimum atomic E-state index is -3.13. The maximum Gasteiger partial charge on any atom is 0.306 e. The van der Waals surface area contributed by atoms with Gasteiger partial charge in [0.2, 0.25) is 0 Å². The van der Waals surface area contributed by atoms with Crippen LogP contribution < -0.4 is 14.2 Å². The number of hydrogen-bond donors (Lipinski definition) is 0. The van der Waals surface area contributed by atoms with Crippen molar-refractivity contribution in [2.45, 2.75) is 59.0 Å². The molecule has 9 heteroatoms. The molecule has 0 aromatic heterocycles. The predicted octanol–water partition coefficient (Wildman–Crippen LogP) is 6.66. The molecule has 43 heavy (non-hydrogen) atoms. The molecular formula is C34H39FO7S. The Morgan fingerprint density at radius 2 is 1.79 bits per heavy atom. The summed E-state index contributed by atoms with van der Waals surface area (Å²) in [6.45, 7) is 8.43. The zero-order valence-electron chi connectivity index (χ0n) is 25.6. The van der Waals surface area contributed by atoms with E-state index >= 15 is 4.39 Å². The normalized spacial score (nSPS) is 17.7. The van der Waals surface area contributed by atoms with Crippen LogP contribution in [0.25, 0.3) is 11.1 Å². The van der Waals surface area contributed by atoms with Crippen molar-refractivity contribution in [3.8, 4) is 28.4 Å². The highest BCUT2D eigenvalue weighted by Gasteiger charge is 2.32. The molecule has 0 unspecified atom stereocenters. The smallest absolute Gasteiger partial charge is 0.306 e. The van der Waals surface area contributed by atoms with E-state index in [0.29, 0.717) is 42.3 Å². The highest BCUT2D eigenvalue weighted by Crippen LogP contribution is 2.45. The molecule has 2 atom stereocenters. The first-order chi connectivity index (χ1) is 20.2. The summed E-state index contributed by atoms with van der Waals surface area (Å²) in [5.74, 6) is 1.34. The number of methoxy groups -OCH3 is 1. The lowest BCUT2D eigenvalue weighted by atomic mass is 9.90. The van der Waals surface area contributed by atoms with Gasteiger partial charge in [-0.2, -0.15) is 0 Å². The summed E-state index contributed by atoms with van der Waals surface area (Å²) >= 11 is 0. The number of rotatable bonds is 10. The molecule has 1 heterocycles. The lowest BCUT2D eigenvalue weighted by molar-refractivity contribution is -0.141. The number of carbonyl (C=O) groups excluding carboxylic acids is 1. The first-order valence-corrected chi connectivity index (χ1v) is 16.5. The molecule has 0 saturated heterocycles. The average Bonchev–Trinajstić information content (AvgIpc) is 3.51. The molecule has 7 nitrogen and oxygen atoms in total. The number of fused-ring (bicyclic) bond motifs is 2. The molecule has 1 aliphatic heterocycles. The van der Waals surface area contributed by atoms with Crippen LogP contribution in [0, 0.1) is 25.1 Å². The SMILES string of the molecule is COC(=O)C[C@@H]1COc2cc(O[C@@H]3CCc4c(-c5c(C)cc(OCC(C)(C)CS(C)(=O)=O)cc5C)ccc(F)c43)ccc21. The van der Waals surface area contributed by atoms with E-state index in [1.54, 1.807) is 0 Å². The Labute approximate surface area is 253 Å². The molecule has 2 aliphatic rings. The van der Waals surface area contributed by atoms with Crippen LogP contribution in [0.2, 0.25) is 0 Å². The van der Waals surface area contributed by atoms with Gasteiger partial charge in [-0.15, -0.1) is 0 Å². The van der Waals surface area contributed by atoms with E-state index in [1.165, 1.54) is 19.4 Å². The number of ether oxygens (including phenoxy) is 4. The zero-order valence-corrected chi connectivity index (χ0v) is 26.4. The van der Waals surface area contributed by atoms with Crippen LogP contribution >= 0.6 is 0 Å². The number of halogens is 1. The van der Waals surface area contributed by atoms with E-state index in [-0.39, 0.29) is 36.5 Å². The summed E-state index contributed by atoms with van der Waals surface area (Å²) in [7, 11) is -1.76. The number of sulfone groups is 1. The van der Waals surface area contributed by atoms with Crippen LogP contribution in [0.5, 0.6) is 17.2 Å². The minimum absolute atomic E-state index is 0.0371. The largest absolute Gasteiger partial charge is 0.493 e. The van der Waals surface area contributed by atoms with Crippen molar-refractivity contribution in [1.29, 1.82) is 0 Å². The lowest BCUT2D eigenvalue weighted by Crippen LogP contribution is -2.29. The third-order valence-corrected chi connectivity index (χ3v) is 9.43. The van der Waals surface area contributed by atoms with Crippen LogP contribution in [-0.2, 0) is 25.8 Å². The molecular weight excluding hydrogens is 571 g/mol. The molecule has 230 valence electrons. The van der Waals surface area contributed by atoms with Crippen LogP contribution in [0.15, 0.2) is 42.5 Å². The first kappa shape index (κ1) is 30.9. The van der Waals surface area contributed by atoms with Crippen LogP contribution in [0.3, 0.4) is 0 Å². The maximum atomic E-state index is 15.3. The van der Waals surface area contributed by atoms with Gasteiger partial charge < -0.3 is 18.9 Å². The second kappa shape index (κ2) is 11.8. The topological polar surface area (TPSA) is 88.1 Å². The number of esters is 1. The van der Waals surface area contributed by atoms with Crippen molar-refractivity contribution in [3.63, 3.8) is 0 Å². The Bertz CT molecular complexity index is 1640. The lowest BCUT2D eigenvalue weighted by Gasteiger charge is -2.24. The number of hydrogen-bond acceptors (Lipinski definition) is 7. The summed E-state index contributed by atoms with van der Waals surface area (Å²) in [5.41, 5.74) is 5.91. The Balaban J connectivity index is 1.36. The van der Waals surface area contributed by atoms with E-state index in [0.717, 1.165) is 33.4 Å². The van der Waals surface area contributed by atoms with Crippen molar-refractivity contribution < 1.29 is 36.6 Å². The van der Waals surface area contributed by atoms with Crippen LogP contribution in [-0.4, -0.2) is 46.7 Å². The van der Waals surface area contributed by atoms with Crippen molar-refractivity contribution >= 4 is 15.8 Å². The highest BCUT2D eigenvalue weighted by molar-refractivity contribution is 7.90. The third-order valence-electron chi connectivity index (χ3n) is 8.12. The zero-order chi connectivity index (χ0) is 31.1. The van der Waals surface area contributed by atoms with Crippen molar-refractivity contribution in [2.24, 2.45) is 5.41 Å². The van der Waals surface area contributed by atoms with Crippen molar-refractivity contribution in [2.75, 3.05) is 32.3 Å². The molecule has 0 fully saturated rings. The van der Waals surface area contributed by atoms with Crippen molar-refractivity contribution in [1.82, 2.24) is 0 Å². The number of aryl methyl sites for hydroxylation is 2. The van der Waals surface area contributed by atoms with Gasteiger partial charge in [-0.05, 0) is 78.8 Å². The van der Waals surface area contributed by atoms with Gasteiger partial charge in [-0.25, -0.2) is 12.8 Å². The highest BCUT2D eigenvalue weighted by atomic mass is 32.2. The summed E-state index contributed by atoms with van der Waals surface area (Å²) in [6.07, 6.45) is 2.35. The monoisotopic (exact) mass is 610 g/mol. The van der Waals surface area contributed by atoms with Gasteiger partial charge >= 0.3 is 5.97 Å². The molecule has 0 saturated carbocycles. The quantitative estimate of drug-likeness (QED) is 0.237. The summed E-state index contributed by atoms with van der Waals surface area (Å²) in [4.78, 5) is 11.8. The molecule has 1 aliphatic carbocycles. The molecule has 0 N–H and O–H groups in total. The fraction of sp³-hybridized carbons (Fsp3) is 0.441. The molecule has 3 aromatic carbocycles. The van der Waals surface area contributed by atoms with E-state index < -0.39 is 21.4 Å². The molecule has 0 radical (unpaired) electrons. The minimum Gasteiger partial charge on any atom is -0.493 e. The second-order valence-corrected chi connectivity index (χ2v) is 14.7. The number of carbonyl (C=O) groups is 1. The third kappa shape index (κ3) is 6.82. The first-order valence-electron chi connectivity index (χ1n) is 14.5. The second-order valence-electron chi connectivity index (χ2n) is 12.6. The van der Waals surface area contributed by atoms with Gasteiger partial charge in [0.1, 0.15) is 39.0 Å². The van der Waals surface area contributed by atoms with E-state index in [2.05, 4.69) is 0 Å². The van der Waals surface area contributed by atoms with Gasteiger partial charge in [0, 0.05) is 34.8 Å². The number of benzene rings is 3.